The van der Waals surface area contributed by atoms with Crippen LogP contribution in [0.5, 0.6) is 17.2 Å². The number of rotatable bonds is 11. The molecule has 2 aromatic carbocycles. The number of nitrogens with zero attached hydrogens (tertiary/aromatic N) is 3. The minimum atomic E-state index is -0.805. The molecule has 0 saturated carbocycles. The molecule has 2 heterocycles. The maximum absolute atomic E-state index is 11.2. The average molecular weight is 494 g/mol. The van der Waals surface area contributed by atoms with Crippen LogP contribution in [0.15, 0.2) is 54.9 Å². The summed E-state index contributed by atoms with van der Waals surface area (Å²) in [4.78, 5) is 2.40. The van der Waals surface area contributed by atoms with E-state index in [0.29, 0.717) is 19.6 Å². The first kappa shape index (κ1) is 26.0. The highest BCUT2D eigenvalue weighted by molar-refractivity contribution is 5.43. The van der Waals surface area contributed by atoms with Gasteiger partial charge in [-0.25, -0.2) is 0 Å². The van der Waals surface area contributed by atoms with Gasteiger partial charge in [0.1, 0.15) is 12.4 Å². The van der Waals surface area contributed by atoms with Crippen molar-refractivity contribution in [3.8, 4) is 17.2 Å². The first-order chi connectivity index (χ1) is 17.4. The molecule has 7 heteroatoms. The molecular formula is C29H39N3O4. The minimum absolute atomic E-state index is 0.322. The van der Waals surface area contributed by atoms with Crippen LogP contribution in [-0.4, -0.2) is 58.8 Å². The molecule has 0 radical (unpaired) electrons. The number of aryl methyl sites for hydroxylation is 3. The van der Waals surface area contributed by atoms with Crippen molar-refractivity contribution in [3.05, 3.63) is 71.5 Å². The van der Waals surface area contributed by atoms with E-state index in [1.807, 2.05) is 54.3 Å². The fourth-order valence-corrected chi connectivity index (χ4v) is 4.58. The van der Waals surface area contributed by atoms with E-state index < -0.39 is 5.60 Å². The Hall–Kier alpha value is -3.03. The van der Waals surface area contributed by atoms with E-state index in [1.54, 1.807) is 7.11 Å². The quantitative estimate of drug-likeness (QED) is 0.388. The van der Waals surface area contributed by atoms with E-state index in [0.717, 1.165) is 68.3 Å². The van der Waals surface area contributed by atoms with Crippen LogP contribution in [0.25, 0.3) is 0 Å². The van der Waals surface area contributed by atoms with Crippen molar-refractivity contribution < 1.29 is 19.3 Å². The highest BCUT2D eigenvalue weighted by Gasteiger charge is 2.31. The summed E-state index contributed by atoms with van der Waals surface area (Å²) in [5.41, 5.74) is 2.73. The van der Waals surface area contributed by atoms with Gasteiger partial charge in [0.15, 0.2) is 11.5 Å². The summed E-state index contributed by atoms with van der Waals surface area (Å²) in [5.74, 6) is 2.32. The van der Waals surface area contributed by atoms with Crippen LogP contribution in [0.3, 0.4) is 0 Å². The Kier molecular flexibility index (Phi) is 8.88. The van der Waals surface area contributed by atoms with Gasteiger partial charge in [0.25, 0.3) is 0 Å². The van der Waals surface area contributed by atoms with Gasteiger partial charge in [-0.3, -0.25) is 9.58 Å². The molecule has 0 amide bonds. The van der Waals surface area contributed by atoms with Gasteiger partial charge in [0, 0.05) is 32.3 Å². The second-order valence-electron chi connectivity index (χ2n) is 9.92. The third kappa shape index (κ3) is 7.48. The average Bonchev–Trinajstić information content (AvgIpc) is 3.20. The second kappa shape index (κ2) is 12.3. The molecule has 0 bridgehead atoms. The number of methoxy groups -OCH3 is 1. The third-order valence-electron chi connectivity index (χ3n) is 6.72. The Morgan fingerprint density at radius 3 is 2.56 bits per heavy atom. The summed E-state index contributed by atoms with van der Waals surface area (Å²) in [6, 6.07) is 14.1. The molecule has 0 aliphatic carbocycles. The molecule has 4 rings (SSSR count). The highest BCUT2D eigenvalue weighted by atomic mass is 16.5. The van der Waals surface area contributed by atoms with E-state index in [4.69, 9.17) is 14.2 Å². The topological polar surface area (TPSA) is 69.0 Å². The molecule has 1 aliphatic heterocycles. The molecule has 3 aromatic rings. The summed E-state index contributed by atoms with van der Waals surface area (Å²) in [6.45, 7) is 8.40. The monoisotopic (exact) mass is 493 g/mol. The summed E-state index contributed by atoms with van der Waals surface area (Å²) < 4.78 is 19.5. The molecule has 7 nitrogen and oxygen atoms in total. The highest BCUT2D eigenvalue weighted by Crippen LogP contribution is 2.30. The van der Waals surface area contributed by atoms with Crippen LogP contribution in [-0.2, 0) is 13.1 Å². The van der Waals surface area contributed by atoms with Gasteiger partial charge in [-0.1, -0.05) is 23.8 Å². The maximum atomic E-state index is 11.2. The summed E-state index contributed by atoms with van der Waals surface area (Å²) in [7, 11) is 1.67. The largest absolute Gasteiger partial charge is 0.493 e. The van der Waals surface area contributed by atoms with E-state index >= 15 is 0 Å². The van der Waals surface area contributed by atoms with Crippen LogP contribution in [0.4, 0.5) is 0 Å². The van der Waals surface area contributed by atoms with Gasteiger partial charge in [-0.15, -0.1) is 0 Å². The van der Waals surface area contributed by atoms with Gasteiger partial charge in [-0.2, -0.15) is 5.10 Å². The molecule has 1 aromatic heterocycles. The number of aliphatic hydroxyl groups is 1. The van der Waals surface area contributed by atoms with Crippen molar-refractivity contribution >= 4 is 0 Å². The Balaban J connectivity index is 1.28. The van der Waals surface area contributed by atoms with E-state index in [1.165, 1.54) is 11.1 Å². The first-order valence-corrected chi connectivity index (χ1v) is 12.9. The van der Waals surface area contributed by atoms with Gasteiger partial charge < -0.3 is 19.3 Å². The lowest BCUT2D eigenvalue weighted by Gasteiger charge is -2.27. The molecule has 36 heavy (non-hydrogen) atoms. The number of hydrogen-bond donors (Lipinski definition) is 1. The van der Waals surface area contributed by atoms with Gasteiger partial charge in [0.2, 0.25) is 0 Å². The lowest BCUT2D eigenvalue weighted by molar-refractivity contribution is -0.0168. The summed E-state index contributed by atoms with van der Waals surface area (Å²) in [6.07, 6.45) is 7.13. The van der Waals surface area contributed by atoms with E-state index in [2.05, 4.69) is 29.1 Å². The molecule has 1 saturated heterocycles. The van der Waals surface area contributed by atoms with Crippen LogP contribution in [0.1, 0.15) is 42.4 Å². The number of ether oxygens (including phenoxy) is 3. The van der Waals surface area contributed by atoms with Crippen molar-refractivity contribution in [2.24, 2.45) is 0 Å². The molecule has 1 N–H and O–H groups in total. The molecular weight excluding hydrogens is 454 g/mol. The SMILES string of the molecule is COc1ccc(CN2CCC[C@](O)(COc3ccc(C)cc3)CC2)cc1OCCCn1cc(C)cn1. The van der Waals surface area contributed by atoms with Gasteiger partial charge in [-0.05, 0) is 75.0 Å². The lowest BCUT2D eigenvalue weighted by Crippen LogP contribution is -2.37. The van der Waals surface area contributed by atoms with Crippen molar-refractivity contribution in [2.45, 2.75) is 58.2 Å². The number of hydrogen-bond acceptors (Lipinski definition) is 6. The standard InChI is InChI=1S/C29H39N3O4/c1-23-6-9-26(10-7-23)36-22-29(33)12-4-14-31(16-13-29)21-25-8-11-27(34-3)28(18-25)35-17-5-15-32-20-24(2)19-30-32/h6-11,18-20,33H,4-5,12-17,21-22H2,1-3H3/t29-/m1/s1. The van der Waals surface area contributed by atoms with Crippen molar-refractivity contribution in [1.82, 2.24) is 14.7 Å². The van der Waals surface area contributed by atoms with Crippen LogP contribution < -0.4 is 14.2 Å². The van der Waals surface area contributed by atoms with Gasteiger partial charge >= 0.3 is 0 Å². The molecule has 1 aliphatic rings. The Morgan fingerprint density at radius 2 is 1.81 bits per heavy atom. The van der Waals surface area contributed by atoms with Crippen molar-refractivity contribution in [2.75, 3.05) is 33.4 Å². The fraction of sp³-hybridized carbons (Fsp3) is 0.483. The normalized spacial score (nSPS) is 18.6. The number of likely N-dealkylation sites (tertiary alicyclic amines) is 1. The minimum Gasteiger partial charge on any atom is -0.493 e. The molecule has 0 unspecified atom stereocenters. The third-order valence-corrected chi connectivity index (χ3v) is 6.72. The Bertz CT molecular complexity index is 1100. The Morgan fingerprint density at radius 1 is 0.972 bits per heavy atom. The fourth-order valence-electron chi connectivity index (χ4n) is 4.58. The van der Waals surface area contributed by atoms with E-state index in [-0.39, 0.29) is 0 Å². The van der Waals surface area contributed by atoms with Crippen LogP contribution in [0.2, 0.25) is 0 Å². The van der Waals surface area contributed by atoms with Gasteiger partial charge in [0.05, 0.1) is 25.5 Å². The van der Waals surface area contributed by atoms with E-state index in [9.17, 15) is 5.11 Å². The number of aromatic nitrogens is 2. The molecule has 194 valence electrons. The lowest BCUT2D eigenvalue weighted by atomic mass is 9.96. The summed E-state index contributed by atoms with van der Waals surface area (Å²) in [5, 5.41) is 15.5. The van der Waals surface area contributed by atoms with Crippen molar-refractivity contribution in [3.63, 3.8) is 0 Å². The second-order valence-corrected chi connectivity index (χ2v) is 9.92. The zero-order chi connectivity index (χ0) is 25.4. The van der Waals surface area contributed by atoms with Crippen molar-refractivity contribution in [1.29, 1.82) is 0 Å². The molecule has 1 atom stereocenters. The van der Waals surface area contributed by atoms with Crippen LogP contribution in [0, 0.1) is 13.8 Å². The zero-order valence-corrected chi connectivity index (χ0v) is 21.8. The summed E-state index contributed by atoms with van der Waals surface area (Å²) >= 11 is 0. The molecule has 0 spiro atoms. The zero-order valence-electron chi connectivity index (χ0n) is 21.8. The molecule has 1 fully saturated rings. The first-order valence-electron chi connectivity index (χ1n) is 12.9. The smallest absolute Gasteiger partial charge is 0.161 e. The number of benzene rings is 2. The van der Waals surface area contributed by atoms with Crippen LogP contribution >= 0.6 is 0 Å². The predicted molar refractivity (Wildman–Crippen MR) is 141 cm³/mol. The predicted octanol–water partition coefficient (Wildman–Crippen LogP) is 4.77. The Labute approximate surface area is 214 Å². The maximum Gasteiger partial charge on any atom is 0.161 e.